The summed E-state index contributed by atoms with van der Waals surface area (Å²) in [5.74, 6) is 0.468. The lowest BCUT2D eigenvalue weighted by atomic mass is 10.2. The van der Waals surface area contributed by atoms with Gasteiger partial charge in [0.25, 0.3) is 0 Å². The molecule has 3 N–H and O–H groups in total. The minimum absolute atomic E-state index is 0.468. The smallest absolute Gasteiger partial charge is 0.197 e. The Labute approximate surface area is 129 Å². The molecule has 0 aliphatic rings. The summed E-state index contributed by atoms with van der Waals surface area (Å²) in [5, 5.41) is 1.20. The van der Waals surface area contributed by atoms with Crippen LogP contribution in [0.5, 0.6) is 0 Å². The van der Waals surface area contributed by atoms with E-state index in [1.165, 1.54) is 5.39 Å². The van der Waals surface area contributed by atoms with Gasteiger partial charge >= 0.3 is 0 Å². The van der Waals surface area contributed by atoms with Gasteiger partial charge < -0.3 is 10.7 Å². The summed E-state index contributed by atoms with van der Waals surface area (Å²) in [7, 11) is 0. The molecule has 0 spiro atoms. The van der Waals surface area contributed by atoms with E-state index in [0.717, 1.165) is 5.52 Å². The molecule has 0 amide bonds. The minimum Gasteiger partial charge on any atom is -0.369 e. The fraction of sp³-hybridized carbons (Fsp3) is 0. The predicted molar refractivity (Wildman–Crippen MR) is 91.2 cm³/mol. The van der Waals surface area contributed by atoms with Crippen molar-refractivity contribution in [3.63, 3.8) is 0 Å². The van der Waals surface area contributed by atoms with E-state index in [4.69, 9.17) is 5.73 Å². The second-order valence-corrected chi connectivity index (χ2v) is 4.33. The molecule has 4 aromatic rings. The van der Waals surface area contributed by atoms with Crippen molar-refractivity contribution in [1.82, 2.24) is 15.0 Å². The number of nitrogens with two attached hydrogens (primary N) is 1. The van der Waals surface area contributed by atoms with Crippen molar-refractivity contribution in [3.05, 3.63) is 91.4 Å². The van der Waals surface area contributed by atoms with Gasteiger partial charge in [-0.2, -0.15) is 0 Å². The van der Waals surface area contributed by atoms with Crippen molar-refractivity contribution >= 4 is 16.9 Å². The molecule has 0 atom stereocenters. The molecule has 0 radical (unpaired) electrons. The molecule has 110 valence electrons. The number of aromatic nitrogens is 3. The highest BCUT2D eigenvalue weighted by atomic mass is 15.0. The topological polar surface area (TPSA) is 67.6 Å². The fourth-order valence-corrected chi connectivity index (χ4v) is 1.68. The Bertz CT molecular complexity index is 660. The summed E-state index contributed by atoms with van der Waals surface area (Å²) in [6, 6.07) is 24.1. The fourth-order valence-electron chi connectivity index (χ4n) is 1.68. The SMILES string of the molecule is Nc1ncc[nH]1.c1ccc2ncccc2c1.c1ccccc1. The van der Waals surface area contributed by atoms with E-state index >= 15 is 0 Å². The third-order valence-electron chi connectivity index (χ3n) is 2.70. The molecule has 4 nitrogen and oxygen atoms in total. The molecule has 4 rings (SSSR count). The van der Waals surface area contributed by atoms with E-state index in [-0.39, 0.29) is 0 Å². The van der Waals surface area contributed by atoms with Crippen LogP contribution in [0.25, 0.3) is 10.9 Å². The van der Waals surface area contributed by atoms with Gasteiger partial charge in [0.1, 0.15) is 0 Å². The van der Waals surface area contributed by atoms with E-state index < -0.39 is 0 Å². The first kappa shape index (κ1) is 15.3. The van der Waals surface area contributed by atoms with Gasteiger partial charge in [0.05, 0.1) is 5.52 Å². The van der Waals surface area contributed by atoms with Crippen LogP contribution >= 0.6 is 0 Å². The molecule has 0 saturated heterocycles. The number of nitrogen functional groups attached to an aromatic ring is 1. The van der Waals surface area contributed by atoms with Gasteiger partial charge in [-0.15, -0.1) is 0 Å². The van der Waals surface area contributed by atoms with Crippen molar-refractivity contribution in [3.8, 4) is 0 Å². The Kier molecular flexibility index (Phi) is 6.18. The van der Waals surface area contributed by atoms with Gasteiger partial charge in [-0.3, -0.25) is 4.98 Å². The molecule has 0 aliphatic carbocycles. The van der Waals surface area contributed by atoms with Crippen LogP contribution < -0.4 is 5.73 Å². The molecule has 2 aromatic heterocycles. The number of hydrogen-bond acceptors (Lipinski definition) is 3. The molecule has 4 heteroatoms. The van der Waals surface area contributed by atoms with Crippen LogP contribution in [0.3, 0.4) is 0 Å². The van der Waals surface area contributed by atoms with Crippen LogP contribution in [0.1, 0.15) is 0 Å². The van der Waals surface area contributed by atoms with Crippen LogP contribution in [0.2, 0.25) is 0 Å². The number of nitrogens with zero attached hydrogens (tertiary/aromatic N) is 2. The summed E-state index contributed by atoms with van der Waals surface area (Å²) in [4.78, 5) is 10.5. The van der Waals surface area contributed by atoms with Gasteiger partial charge in [-0.25, -0.2) is 4.98 Å². The third kappa shape index (κ3) is 5.46. The molecule has 0 aliphatic heterocycles. The van der Waals surface area contributed by atoms with E-state index in [1.807, 2.05) is 66.9 Å². The molecule has 0 bridgehead atoms. The largest absolute Gasteiger partial charge is 0.369 e. The lowest BCUT2D eigenvalue weighted by molar-refractivity contribution is 1.33. The number of nitrogens with one attached hydrogen (secondary N) is 1. The van der Waals surface area contributed by atoms with Crippen LogP contribution in [0, 0.1) is 0 Å². The number of fused-ring (bicyclic) bond motifs is 1. The summed E-state index contributed by atoms with van der Waals surface area (Å²) < 4.78 is 0. The van der Waals surface area contributed by atoms with Crippen molar-refractivity contribution in [1.29, 1.82) is 0 Å². The Hall–Kier alpha value is -3.14. The first-order valence-electron chi connectivity index (χ1n) is 6.91. The van der Waals surface area contributed by atoms with Gasteiger partial charge in [-0.05, 0) is 12.1 Å². The highest BCUT2D eigenvalue weighted by Crippen LogP contribution is 2.07. The lowest BCUT2D eigenvalue weighted by Crippen LogP contribution is -1.83. The Balaban J connectivity index is 0.000000128. The molecule has 2 aromatic carbocycles. The Morgan fingerprint density at radius 3 is 1.82 bits per heavy atom. The second kappa shape index (κ2) is 8.92. The first-order chi connectivity index (χ1) is 10.9. The average Bonchev–Trinajstić information content (AvgIpc) is 3.09. The average molecular weight is 290 g/mol. The van der Waals surface area contributed by atoms with Gasteiger partial charge in [0.15, 0.2) is 5.95 Å². The summed E-state index contributed by atoms with van der Waals surface area (Å²) in [5.41, 5.74) is 6.17. The van der Waals surface area contributed by atoms with Crippen LogP contribution in [-0.4, -0.2) is 15.0 Å². The molecule has 22 heavy (non-hydrogen) atoms. The maximum absolute atomic E-state index is 5.11. The zero-order chi connectivity index (χ0) is 15.5. The third-order valence-corrected chi connectivity index (χ3v) is 2.70. The zero-order valence-corrected chi connectivity index (χ0v) is 12.1. The van der Waals surface area contributed by atoms with E-state index in [9.17, 15) is 0 Å². The maximum Gasteiger partial charge on any atom is 0.197 e. The van der Waals surface area contributed by atoms with Crippen molar-refractivity contribution < 1.29 is 0 Å². The number of anilines is 1. The molecular formula is C18H18N4. The summed E-state index contributed by atoms with van der Waals surface area (Å²) >= 11 is 0. The van der Waals surface area contributed by atoms with E-state index in [2.05, 4.69) is 27.1 Å². The van der Waals surface area contributed by atoms with Crippen LogP contribution in [0.4, 0.5) is 5.95 Å². The first-order valence-corrected chi connectivity index (χ1v) is 6.91. The molecule has 0 unspecified atom stereocenters. The molecule has 0 fully saturated rings. The van der Waals surface area contributed by atoms with E-state index in [0.29, 0.717) is 5.95 Å². The summed E-state index contributed by atoms with van der Waals surface area (Å²) in [6.07, 6.45) is 5.09. The monoisotopic (exact) mass is 290 g/mol. The highest BCUT2D eigenvalue weighted by molar-refractivity contribution is 5.77. The number of pyridine rings is 1. The standard InChI is InChI=1S/C9H7N.C6H6.C3H5N3/c1-2-6-9-8(4-1)5-3-7-10-9;1-2-4-6-5-3-1;4-3-5-1-2-6-3/h1-7H;1-6H;1-2H,(H3,4,5,6). The van der Waals surface area contributed by atoms with Crippen molar-refractivity contribution in [2.24, 2.45) is 0 Å². The van der Waals surface area contributed by atoms with Gasteiger partial charge in [0.2, 0.25) is 0 Å². The lowest BCUT2D eigenvalue weighted by Gasteiger charge is -1.91. The van der Waals surface area contributed by atoms with Gasteiger partial charge in [0, 0.05) is 24.0 Å². The molecular weight excluding hydrogens is 272 g/mol. The second-order valence-electron chi connectivity index (χ2n) is 4.33. The predicted octanol–water partition coefficient (Wildman–Crippen LogP) is 3.91. The number of H-pyrrole nitrogens is 1. The number of imidazole rings is 1. The maximum atomic E-state index is 5.11. The number of aromatic amines is 1. The number of rotatable bonds is 0. The number of benzene rings is 2. The quantitative estimate of drug-likeness (QED) is 0.516. The van der Waals surface area contributed by atoms with Crippen molar-refractivity contribution in [2.75, 3.05) is 5.73 Å². The van der Waals surface area contributed by atoms with Crippen LogP contribution in [0.15, 0.2) is 91.4 Å². The highest BCUT2D eigenvalue weighted by Gasteiger charge is 1.86. The molecule has 0 saturated carbocycles. The number of para-hydroxylation sites is 1. The number of hydrogen-bond donors (Lipinski definition) is 2. The minimum atomic E-state index is 0.468. The summed E-state index contributed by atoms with van der Waals surface area (Å²) in [6.45, 7) is 0. The van der Waals surface area contributed by atoms with Gasteiger partial charge in [-0.1, -0.05) is 60.7 Å². The Morgan fingerprint density at radius 1 is 0.682 bits per heavy atom. The zero-order valence-electron chi connectivity index (χ0n) is 12.1. The Morgan fingerprint density at radius 2 is 1.32 bits per heavy atom. The van der Waals surface area contributed by atoms with Crippen LogP contribution in [-0.2, 0) is 0 Å². The molecule has 2 heterocycles. The van der Waals surface area contributed by atoms with Crippen molar-refractivity contribution in [2.45, 2.75) is 0 Å². The normalized spacial score (nSPS) is 9.09. The van der Waals surface area contributed by atoms with E-state index in [1.54, 1.807) is 12.4 Å².